The molecule has 6 N–H and O–H groups in total. The highest BCUT2D eigenvalue weighted by Gasteiger charge is 2.55. The summed E-state index contributed by atoms with van der Waals surface area (Å²) < 4.78 is 66.6. The molecule has 4 heterocycles. The maximum absolute atomic E-state index is 14.8. The van der Waals surface area contributed by atoms with Gasteiger partial charge in [0.05, 0.1) is 53.8 Å². The fraction of sp³-hybridized carbons (Fsp3) is 0.830. The molecule has 21 atom stereocenters. The van der Waals surface area contributed by atoms with E-state index in [9.17, 15) is 44.4 Å². The third-order valence-electron chi connectivity index (χ3n) is 16.6. The first kappa shape index (κ1) is 62.4. The summed E-state index contributed by atoms with van der Waals surface area (Å²) in [6.07, 6.45) is -6.58. The molecule has 3 aliphatic rings. The largest absolute Gasteiger partial charge is 0.611 e. The highest BCUT2D eigenvalue weighted by molar-refractivity contribution is 7.91. The van der Waals surface area contributed by atoms with E-state index in [4.69, 9.17) is 28.4 Å². The van der Waals surface area contributed by atoms with Gasteiger partial charge in [-0.1, -0.05) is 45.0 Å². The van der Waals surface area contributed by atoms with Gasteiger partial charge in [-0.3, -0.25) is 4.79 Å². The Kier molecular flexibility index (Phi) is 22.3. The standard InChI is InChI=1S/C53H90FN5O14S/c1-15-42-53(10,66)46(62)34(6)58(12)28-30(2)25-51(8,65)48(32(4)43(33(5)49(64)72-42)41-26-52(9,69-14)47(63)35(7)71-41)73-50-44(61)39(24-31(3)70-50)57(11)21-20-37-29-59(56-55-37)40(27-54)45(68-13)36-16-18-38(19-17-36)74(67)23-22-60/h16-19,29-35,39-48,50,60-63,65-66H,15,20-28H2,1-14H3/t30-,31-,32+,33-,34-,35+,39+,40-,41?,42-,43+,44-,45-,46-,47+,48-,50+,51-,52-,53-,74?/m1/s1. The number of carbonyl (C=O) groups is 1. The van der Waals surface area contributed by atoms with Crippen LogP contribution in [0.5, 0.6) is 0 Å². The minimum absolute atomic E-state index is 0.110. The van der Waals surface area contributed by atoms with Gasteiger partial charge < -0.3 is 73.4 Å². The number of alkyl halides is 1. The number of carbonyl (C=O) groups excluding carboxylic acids is 1. The van der Waals surface area contributed by atoms with Gasteiger partial charge in [0.2, 0.25) is 0 Å². The van der Waals surface area contributed by atoms with Crippen molar-refractivity contribution in [1.29, 1.82) is 0 Å². The van der Waals surface area contributed by atoms with Gasteiger partial charge in [-0.15, -0.1) is 5.10 Å². The zero-order valence-corrected chi connectivity index (χ0v) is 47.1. The third kappa shape index (κ3) is 14.2. The molecule has 0 amide bonds. The van der Waals surface area contributed by atoms with E-state index < -0.39 is 138 Å². The molecule has 0 radical (unpaired) electrons. The van der Waals surface area contributed by atoms with E-state index in [0.29, 0.717) is 42.1 Å². The normalized spacial score (nSPS) is 39.7. The minimum Gasteiger partial charge on any atom is -0.611 e. The number of hydrogen-bond donors (Lipinski definition) is 6. The molecule has 3 saturated heterocycles. The number of hydrogen-bond acceptors (Lipinski definition) is 18. The summed E-state index contributed by atoms with van der Waals surface area (Å²) in [6, 6.07) is 4.86. The molecule has 2 unspecified atom stereocenters. The number of aliphatic hydroxyl groups excluding tert-OH is 4. The second-order valence-electron chi connectivity index (χ2n) is 22.4. The van der Waals surface area contributed by atoms with Gasteiger partial charge in [-0.2, -0.15) is 0 Å². The molecule has 21 heteroatoms. The Bertz CT molecular complexity index is 2040. The van der Waals surface area contributed by atoms with Gasteiger partial charge in [0.25, 0.3) is 0 Å². The monoisotopic (exact) mass is 1070 g/mol. The Morgan fingerprint density at radius 2 is 1.68 bits per heavy atom. The average molecular weight is 1070 g/mol. The first-order valence-electron chi connectivity index (χ1n) is 26.4. The number of methoxy groups -OCH3 is 2. The zero-order valence-electron chi connectivity index (χ0n) is 46.2. The fourth-order valence-electron chi connectivity index (χ4n) is 12.1. The van der Waals surface area contributed by atoms with Gasteiger partial charge in [0.15, 0.2) is 11.2 Å². The Hall–Kier alpha value is -2.45. The van der Waals surface area contributed by atoms with Crippen molar-refractivity contribution in [3.8, 4) is 0 Å². The molecule has 2 aromatic rings. The number of aliphatic hydroxyl groups is 6. The first-order chi connectivity index (χ1) is 34.7. The third-order valence-corrected chi connectivity index (χ3v) is 17.9. The molecule has 1 aromatic carbocycles. The predicted octanol–water partition coefficient (Wildman–Crippen LogP) is 3.38. The van der Waals surface area contributed by atoms with Crippen molar-refractivity contribution < 1.29 is 72.8 Å². The van der Waals surface area contributed by atoms with Gasteiger partial charge in [0.1, 0.15) is 54.6 Å². The number of nitrogens with zero attached hydrogens (tertiary/aromatic N) is 5. The number of ether oxygens (including phenoxy) is 6. The van der Waals surface area contributed by atoms with E-state index in [1.54, 1.807) is 72.0 Å². The summed E-state index contributed by atoms with van der Waals surface area (Å²) in [5, 5.41) is 78.0. The number of benzene rings is 1. The summed E-state index contributed by atoms with van der Waals surface area (Å²) in [6.45, 7) is 17.5. The van der Waals surface area contributed by atoms with Gasteiger partial charge in [-0.25, -0.2) is 9.07 Å². The van der Waals surface area contributed by atoms with Crippen molar-refractivity contribution in [2.24, 2.45) is 23.7 Å². The second kappa shape index (κ2) is 26.5. The highest BCUT2D eigenvalue weighted by atomic mass is 32.2. The van der Waals surface area contributed by atoms with Crippen LogP contribution < -0.4 is 0 Å². The van der Waals surface area contributed by atoms with E-state index in [1.807, 2.05) is 44.7 Å². The van der Waals surface area contributed by atoms with Gasteiger partial charge >= 0.3 is 5.97 Å². The fourth-order valence-corrected chi connectivity index (χ4v) is 12.9. The lowest BCUT2D eigenvalue weighted by Gasteiger charge is -2.51. The maximum Gasteiger partial charge on any atom is 0.309 e. The highest BCUT2D eigenvalue weighted by Crippen LogP contribution is 2.45. The molecular weight excluding hydrogens is 982 g/mol. The number of esters is 1. The van der Waals surface area contributed by atoms with Crippen molar-refractivity contribution in [3.63, 3.8) is 0 Å². The van der Waals surface area contributed by atoms with Crippen molar-refractivity contribution in [2.45, 2.75) is 202 Å². The molecule has 0 saturated carbocycles. The molecule has 0 aliphatic carbocycles. The molecule has 0 bridgehead atoms. The summed E-state index contributed by atoms with van der Waals surface area (Å²) in [5.74, 6) is -3.20. The molecule has 5 rings (SSSR count). The van der Waals surface area contributed by atoms with Gasteiger partial charge in [-0.05, 0) is 116 Å². The Morgan fingerprint density at radius 1 is 1.01 bits per heavy atom. The minimum atomic E-state index is -1.84. The van der Waals surface area contributed by atoms with Crippen molar-refractivity contribution >= 4 is 17.1 Å². The predicted molar refractivity (Wildman–Crippen MR) is 275 cm³/mol. The van der Waals surface area contributed by atoms with Crippen LogP contribution >= 0.6 is 0 Å². The lowest BCUT2D eigenvalue weighted by atomic mass is 9.68. The number of cyclic esters (lactones) is 1. The number of likely N-dealkylation sites (N-methyl/N-ethyl adjacent to an activating group) is 2. The van der Waals surface area contributed by atoms with E-state index in [0.717, 1.165) is 0 Å². The lowest BCUT2D eigenvalue weighted by molar-refractivity contribution is -0.302. The van der Waals surface area contributed by atoms with Crippen LogP contribution in [0.3, 0.4) is 0 Å². The summed E-state index contributed by atoms with van der Waals surface area (Å²) in [4.78, 5) is 19.1. The number of halogens is 1. The Morgan fingerprint density at radius 3 is 2.27 bits per heavy atom. The van der Waals surface area contributed by atoms with Crippen LogP contribution in [-0.4, -0.2) is 210 Å². The van der Waals surface area contributed by atoms with Crippen LogP contribution in [0, 0.1) is 23.7 Å². The van der Waals surface area contributed by atoms with Crippen molar-refractivity contribution in [2.75, 3.05) is 60.4 Å². The van der Waals surface area contributed by atoms with Gasteiger partial charge in [0, 0.05) is 64.3 Å². The molecule has 0 spiro atoms. The zero-order chi connectivity index (χ0) is 55.2. The molecule has 74 heavy (non-hydrogen) atoms. The summed E-state index contributed by atoms with van der Waals surface area (Å²) in [7, 11) is 6.70. The number of rotatable bonds is 17. The van der Waals surface area contributed by atoms with Crippen LogP contribution in [0.25, 0.3) is 0 Å². The molecule has 3 aliphatic heterocycles. The number of aromatic nitrogens is 3. The topological polar surface area (TPSA) is 254 Å². The summed E-state index contributed by atoms with van der Waals surface area (Å²) >= 11 is -1.37. The maximum atomic E-state index is 14.8. The SMILES string of the molecule is CC[C@H]1OC(=O)[C@H](C)[C@@H](C2C[C@@](C)(OC)[C@@H](O)[C@H](C)O2)[C@H](C)[C@@H](O[C@@H]2O[C@H](C)C[C@H](N(C)CCc3cn([C@H](CF)[C@H](OC)c4ccc([S+]([O-])CCO)cc4)nn3)[C@H]2O)[C@](C)(O)C[C@@H](C)CN(C)[C@H](C)[C@@H](O)[C@]1(C)O. The lowest BCUT2D eigenvalue weighted by Crippen LogP contribution is -2.62. The smallest absolute Gasteiger partial charge is 0.309 e. The quantitative estimate of drug-likeness (QED) is 0.0981. The van der Waals surface area contributed by atoms with Crippen LogP contribution in [0.4, 0.5) is 4.39 Å². The Labute approximate surface area is 441 Å². The van der Waals surface area contributed by atoms with E-state index in [2.05, 4.69) is 10.3 Å². The Balaban J connectivity index is 1.44. The molecule has 1 aromatic heterocycles. The van der Waals surface area contributed by atoms with E-state index in [1.165, 1.54) is 25.8 Å². The van der Waals surface area contributed by atoms with Crippen molar-refractivity contribution in [3.05, 3.63) is 41.7 Å². The van der Waals surface area contributed by atoms with Crippen LogP contribution in [0.1, 0.15) is 118 Å². The molecule has 3 fully saturated rings. The summed E-state index contributed by atoms with van der Waals surface area (Å²) in [5.41, 5.74) is -3.32. The molecular formula is C53H90FN5O14S. The first-order valence-corrected chi connectivity index (χ1v) is 27.7. The average Bonchev–Trinajstić information content (AvgIpc) is 3.83. The van der Waals surface area contributed by atoms with Crippen LogP contribution in [0.15, 0.2) is 35.4 Å². The second-order valence-corrected chi connectivity index (χ2v) is 24.0. The van der Waals surface area contributed by atoms with Crippen LogP contribution in [-0.2, 0) is 50.8 Å². The molecule has 424 valence electrons. The van der Waals surface area contributed by atoms with Crippen LogP contribution in [0.2, 0.25) is 0 Å². The van der Waals surface area contributed by atoms with Crippen molar-refractivity contribution in [1.82, 2.24) is 24.8 Å². The van der Waals surface area contributed by atoms with E-state index in [-0.39, 0.29) is 37.5 Å². The molecule has 19 nitrogen and oxygen atoms in total. The van der Waals surface area contributed by atoms with E-state index >= 15 is 0 Å².